The first kappa shape index (κ1) is 13.4. The van der Waals surface area contributed by atoms with Crippen molar-refractivity contribution in [1.29, 1.82) is 0 Å². The van der Waals surface area contributed by atoms with Gasteiger partial charge in [0.15, 0.2) is 0 Å². The van der Waals surface area contributed by atoms with Gasteiger partial charge in [0.1, 0.15) is 0 Å². The van der Waals surface area contributed by atoms with Gasteiger partial charge in [-0.15, -0.1) is 0 Å². The van der Waals surface area contributed by atoms with Gasteiger partial charge in [0.2, 0.25) is 5.91 Å². The standard InChI is InChI=1S/C10H21NO3/c12-8-4-1-2-6-10(14)11-7-3-5-9-13/h12-13H,1-9H2,(H,11,14). The van der Waals surface area contributed by atoms with Crippen molar-refractivity contribution in [3.05, 3.63) is 0 Å². The highest BCUT2D eigenvalue weighted by Gasteiger charge is 1.99. The SMILES string of the molecule is O=C(CCCCCO)NCCCCO. The van der Waals surface area contributed by atoms with Gasteiger partial charge in [0.05, 0.1) is 0 Å². The van der Waals surface area contributed by atoms with E-state index in [0.29, 0.717) is 13.0 Å². The third-order valence-corrected chi connectivity index (χ3v) is 1.97. The summed E-state index contributed by atoms with van der Waals surface area (Å²) in [5.41, 5.74) is 0. The zero-order chi connectivity index (χ0) is 10.6. The van der Waals surface area contributed by atoms with E-state index in [4.69, 9.17) is 10.2 Å². The Bertz CT molecular complexity index is 125. The molecule has 0 aromatic heterocycles. The lowest BCUT2D eigenvalue weighted by atomic mass is 10.2. The van der Waals surface area contributed by atoms with Crippen molar-refractivity contribution in [2.45, 2.75) is 38.5 Å². The molecule has 0 aliphatic heterocycles. The molecule has 3 N–H and O–H groups in total. The van der Waals surface area contributed by atoms with E-state index in [0.717, 1.165) is 32.1 Å². The van der Waals surface area contributed by atoms with Gasteiger partial charge in [-0.3, -0.25) is 4.79 Å². The highest BCUT2D eigenvalue weighted by Crippen LogP contribution is 1.98. The molecule has 0 aliphatic rings. The van der Waals surface area contributed by atoms with Crippen LogP contribution in [0.3, 0.4) is 0 Å². The normalized spacial score (nSPS) is 10.1. The van der Waals surface area contributed by atoms with Crippen molar-refractivity contribution in [2.75, 3.05) is 19.8 Å². The van der Waals surface area contributed by atoms with Crippen LogP contribution in [0.25, 0.3) is 0 Å². The Balaban J connectivity index is 3.11. The number of hydrogen-bond acceptors (Lipinski definition) is 3. The topological polar surface area (TPSA) is 69.6 Å². The zero-order valence-corrected chi connectivity index (χ0v) is 8.67. The van der Waals surface area contributed by atoms with Crippen molar-refractivity contribution >= 4 is 5.91 Å². The third-order valence-electron chi connectivity index (χ3n) is 1.97. The summed E-state index contributed by atoms with van der Waals surface area (Å²) in [6, 6.07) is 0. The van der Waals surface area contributed by atoms with Gasteiger partial charge >= 0.3 is 0 Å². The number of amides is 1. The maximum atomic E-state index is 11.1. The number of carbonyl (C=O) groups is 1. The van der Waals surface area contributed by atoms with Gasteiger partial charge in [-0.1, -0.05) is 6.42 Å². The average molecular weight is 203 g/mol. The average Bonchev–Trinajstić information content (AvgIpc) is 2.19. The van der Waals surface area contributed by atoms with Crippen LogP contribution in [0, 0.1) is 0 Å². The summed E-state index contributed by atoms with van der Waals surface area (Å²) < 4.78 is 0. The number of hydrogen-bond donors (Lipinski definition) is 3. The number of aliphatic hydroxyl groups is 2. The number of unbranched alkanes of at least 4 members (excludes halogenated alkanes) is 3. The van der Waals surface area contributed by atoms with Crippen LogP contribution in [0.2, 0.25) is 0 Å². The van der Waals surface area contributed by atoms with Crippen molar-refractivity contribution in [2.24, 2.45) is 0 Å². The Morgan fingerprint density at radius 3 is 2.21 bits per heavy atom. The summed E-state index contributed by atoms with van der Waals surface area (Å²) >= 11 is 0. The number of aliphatic hydroxyl groups excluding tert-OH is 2. The lowest BCUT2D eigenvalue weighted by Crippen LogP contribution is -2.24. The van der Waals surface area contributed by atoms with Crippen molar-refractivity contribution < 1.29 is 15.0 Å². The van der Waals surface area contributed by atoms with Crippen LogP contribution in [0.15, 0.2) is 0 Å². The monoisotopic (exact) mass is 203 g/mol. The first-order chi connectivity index (χ1) is 6.81. The minimum Gasteiger partial charge on any atom is -0.396 e. The second-order valence-corrected chi connectivity index (χ2v) is 3.31. The first-order valence-electron chi connectivity index (χ1n) is 5.29. The van der Waals surface area contributed by atoms with E-state index < -0.39 is 0 Å². The Hall–Kier alpha value is -0.610. The van der Waals surface area contributed by atoms with Gasteiger partial charge in [0, 0.05) is 26.2 Å². The van der Waals surface area contributed by atoms with Crippen LogP contribution in [-0.4, -0.2) is 35.9 Å². The highest BCUT2D eigenvalue weighted by atomic mass is 16.3. The van der Waals surface area contributed by atoms with Crippen LogP contribution in [0.5, 0.6) is 0 Å². The molecule has 0 spiro atoms. The van der Waals surface area contributed by atoms with Gasteiger partial charge in [-0.2, -0.15) is 0 Å². The summed E-state index contributed by atoms with van der Waals surface area (Å²) in [5.74, 6) is 0.0703. The van der Waals surface area contributed by atoms with E-state index >= 15 is 0 Å². The lowest BCUT2D eigenvalue weighted by molar-refractivity contribution is -0.121. The minimum absolute atomic E-state index is 0.0703. The van der Waals surface area contributed by atoms with Crippen LogP contribution < -0.4 is 5.32 Å². The predicted molar refractivity (Wildman–Crippen MR) is 54.9 cm³/mol. The van der Waals surface area contributed by atoms with Gasteiger partial charge < -0.3 is 15.5 Å². The van der Waals surface area contributed by atoms with Crippen molar-refractivity contribution in [3.63, 3.8) is 0 Å². The maximum absolute atomic E-state index is 11.1. The predicted octanol–water partition coefficient (Wildman–Crippen LogP) is 0.428. The molecule has 0 fully saturated rings. The fraction of sp³-hybridized carbons (Fsp3) is 0.900. The van der Waals surface area contributed by atoms with Crippen molar-refractivity contribution in [3.8, 4) is 0 Å². The molecule has 4 heteroatoms. The van der Waals surface area contributed by atoms with Gasteiger partial charge in [-0.25, -0.2) is 0 Å². The number of rotatable bonds is 9. The largest absolute Gasteiger partial charge is 0.396 e. The van der Waals surface area contributed by atoms with Crippen molar-refractivity contribution in [1.82, 2.24) is 5.32 Å². The van der Waals surface area contributed by atoms with E-state index in [1.54, 1.807) is 0 Å². The Labute approximate surface area is 85.3 Å². The lowest BCUT2D eigenvalue weighted by Gasteiger charge is -2.03. The molecule has 0 bridgehead atoms. The summed E-state index contributed by atoms with van der Waals surface area (Å²) in [4.78, 5) is 11.1. The summed E-state index contributed by atoms with van der Waals surface area (Å²) in [6.07, 6.45) is 4.63. The molecule has 1 amide bonds. The van der Waals surface area contributed by atoms with E-state index in [1.807, 2.05) is 0 Å². The summed E-state index contributed by atoms with van der Waals surface area (Å²) in [5, 5.41) is 19.8. The minimum atomic E-state index is 0.0703. The maximum Gasteiger partial charge on any atom is 0.219 e. The molecule has 4 nitrogen and oxygen atoms in total. The van der Waals surface area contributed by atoms with Crippen LogP contribution in [0.4, 0.5) is 0 Å². The molecule has 0 rings (SSSR count). The fourth-order valence-corrected chi connectivity index (χ4v) is 1.13. The molecule has 0 radical (unpaired) electrons. The molecule has 0 heterocycles. The molecule has 0 atom stereocenters. The zero-order valence-electron chi connectivity index (χ0n) is 8.67. The summed E-state index contributed by atoms with van der Waals surface area (Å²) in [7, 11) is 0. The molecular weight excluding hydrogens is 182 g/mol. The van der Waals surface area contributed by atoms with Gasteiger partial charge in [0.25, 0.3) is 0 Å². The number of carbonyl (C=O) groups excluding carboxylic acids is 1. The molecule has 84 valence electrons. The highest BCUT2D eigenvalue weighted by molar-refractivity contribution is 5.75. The Morgan fingerprint density at radius 1 is 0.929 bits per heavy atom. The van der Waals surface area contributed by atoms with E-state index in [9.17, 15) is 4.79 Å². The molecule has 0 saturated carbocycles. The molecule has 0 saturated heterocycles. The first-order valence-corrected chi connectivity index (χ1v) is 5.29. The molecule has 0 unspecified atom stereocenters. The van der Waals surface area contributed by atoms with Crippen LogP contribution in [-0.2, 0) is 4.79 Å². The van der Waals surface area contributed by atoms with E-state index in [-0.39, 0.29) is 19.1 Å². The smallest absolute Gasteiger partial charge is 0.219 e. The van der Waals surface area contributed by atoms with E-state index in [2.05, 4.69) is 5.32 Å². The fourth-order valence-electron chi connectivity index (χ4n) is 1.13. The molecule has 0 aromatic rings. The molecule has 14 heavy (non-hydrogen) atoms. The van der Waals surface area contributed by atoms with Crippen LogP contribution >= 0.6 is 0 Å². The second-order valence-electron chi connectivity index (χ2n) is 3.31. The van der Waals surface area contributed by atoms with Crippen LogP contribution in [0.1, 0.15) is 38.5 Å². The Morgan fingerprint density at radius 2 is 1.57 bits per heavy atom. The third kappa shape index (κ3) is 9.48. The quantitative estimate of drug-likeness (QED) is 0.476. The molecule has 0 aliphatic carbocycles. The second kappa shape index (κ2) is 10.5. The molecule has 0 aromatic carbocycles. The molecular formula is C10H21NO3. The summed E-state index contributed by atoms with van der Waals surface area (Å²) in [6.45, 7) is 1.05. The Kier molecular flexibility index (Phi) is 10.0. The number of nitrogens with one attached hydrogen (secondary N) is 1. The van der Waals surface area contributed by atoms with Gasteiger partial charge in [-0.05, 0) is 25.7 Å². The van der Waals surface area contributed by atoms with E-state index in [1.165, 1.54) is 0 Å².